The second-order valence-corrected chi connectivity index (χ2v) is 5.93. The van der Waals surface area contributed by atoms with Gasteiger partial charge < -0.3 is 5.32 Å². The van der Waals surface area contributed by atoms with Crippen LogP contribution in [0.3, 0.4) is 0 Å². The second kappa shape index (κ2) is 4.43. The first kappa shape index (κ1) is 11.4. The van der Waals surface area contributed by atoms with Crippen molar-refractivity contribution in [3.05, 3.63) is 29.8 Å². The minimum Gasteiger partial charge on any atom is -0.316 e. The largest absolute Gasteiger partial charge is 0.316 e. The summed E-state index contributed by atoms with van der Waals surface area (Å²) in [7, 11) is -3.17. The van der Waals surface area contributed by atoms with E-state index in [1.807, 2.05) is 24.3 Å². The van der Waals surface area contributed by atoms with Crippen molar-refractivity contribution < 1.29 is 8.42 Å². The number of benzene rings is 1. The summed E-state index contributed by atoms with van der Waals surface area (Å²) in [4.78, 5) is 0. The van der Waals surface area contributed by atoms with E-state index < -0.39 is 10.0 Å². The summed E-state index contributed by atoms with van der Waals surface area (Å²) in [6, 6.07) is 7.61. The van der Waals surface area contributed by atoms with E-state index in [0.717, 1.165) is 25.8 Å². The number of hydrogen-bond donors (Lipinski definition) is 2. The summed E-state index contributed by atoms with van der Waals surface area (Å²) < 4.78 is 24.5. The van der Waals surface area contributed by atoms with Gasteiger partial charge in [0.05, 0.1) is 6.26 Å². The van der Waals surface area contributed by atoms with E-state index >= 15 is 0 Å². The van der Waals surface area contributed by atoms with Crippen LogP contribution < -0.4 is 10.0 Å². The Hall–Kier alpha value is -1.07. The molecule has 1 atom stereocenters. The van der Waals surface area contributed by atoms with Crippen LogP contribution >= 0.6 is 0 Å². The zero-order chi connectivity index (χ0) is 11.6. The van der Waals surface area contributed by atoms with Crippen molar-refractivity contribution in [2.45, 2.75) is 12.3 Å². The van der Waals surface area contributed by atoms with Crippen LogP contribution in [0.5, 0.6) is 0 Å². The quantitative estimate of drug-likeness (QED) is 0.833. The molecule has 88 valence electrons. The third-order valence-electron chi connectivity index (χ3n) is 2.75. The number of nitrogens with one attached hydrogen (secondary N) is 2. The van der Waals surface area contributed by atoms with Crippen molar-refractivity contribution in [1.82, 2.24) is 5.32 Å². The standard InChI is InChI=1S/C11H16N2O2S/c1-16(14,15)13-11-4-2-9(3-5-11)10-6-7-12-8-10/h2-5,10,12-13H,6-8H2,1H3. The predicted molar refractivity (Wildman–Crippen MR) is 65.1 cm³/mol. The van der Waals surface area contributed by atoms with Crippen LogP contribution in [0.2, 0.25) is 0 Å². The van der Waals surface area contributed by atoms with Gasteiger partial charge >= 0.3 is 0 Å². The van der Waals surface area contributed by atoms with Crippen LogP contribution in [0, 0.1) is 0 Å². The molecule has 1 fully saturated rings. The highest BCUT2D eigenvalue weighted by Crippen LogP contribution is 2.23. The van der Waals surface area contributed by atoms with E-state index in [-0.39, 0.29) is 0 Å². The van der Waals surface area contributed by atoms with Crippen LogP contribution in [0.1, 0.15) is 17.9 Å². The molecule has 1 unspecified atom stereocenters. The van der Waals surface area contributed by atoms with E-state index in [4.69, 9.17) is 0 Å². The molecule has 1 aromatic rings. The van der Waals surface area contributed by atoms with E-state index in [1.54, 1.807) is 0 Å². The normalized spacial score (nSPS) is 20.9. The molecule has 0 bridgehead atoms. The minimum atomic E-state index is -3.17. The van der Waals surface area contributed by atoms with Gasteiger partial charge in [0.25, 0.3) is 0 Å². The average molecular weight is 240 g/mol. The Morgan fingerprint density at radius 2 is 2.00 bits per heavy atom. The fourth-order valence-corrected chi connectivity index (χ4v) is 2.54. The summed E-state index contributed by atoms with van der Waals surface area (Å²) in [6.07, 6.45) is 2.31. The lowest BCUT2D eigenvalue weighted by Gasteiger charge is -2.10. The van der Waals surface area contributed by atoms with Gasteiger partial charge in [0.15, 0.2) is 0 Å². The van der Waals surface area contributed by atoms with Crippen molar-refractivity contribution >= 4 is 15.7 Å². The van der Waals surface area contributed by atoms with Gasteiger partial charge in [0.2, 0.25) is 10.0 Å². The average Bonchev–Trinajstić information content (AvgIpc) is 2.69. The maximum absolute atomic E-state index is 11.0. The molecule has 1 saturated heterocycles. The second-order valence-electron chi connectivity index (χ2n) is 4.19. The van der Waals surface area contributed by atoms with E-state index in [1.165, 1.54) is 5.56 Å². The molecule has 2 N–H and O–H groups in total. The maximum Gasteiger partial charge on any atom is 0.229 e. The molecule has 4 nitrogen and oxygen atoms in total. The van der Waals surface area contributed by atoms with Gasteiger partial charge in [-0.05, 0) is 36.6 Å². The highest BCUT2D eigenvalue weighted by molar-refractivity contribution is 7.92. The molecule has 1 aromatic carbocycles. The molecule has 0 saturated carbocycles. The molecule has 0 radical (unpaired) electrons. The van der Waals surface area contributed by atoms with Crippen LogP contribution in [-0.2, 0) is 10.0 Å². The number of sulfonamides is 1. The first-order valence-corrected chi connectivity index (χ1v) is 7.22. The SMILES string of the molecule is CS(=O)(=O)Nc1ccc(C2CCNC2)cc1. The minimum absolute atomic E-state index is 0.562. The Bertz CT molecular complexity index is 447. The molecule has 0 aromatic heterocycles. The van der Waals surface area contributed by atoms with E-state index in [2.05, 4.69) is 10.0 Å². The van der Waals surface area contributed by atoms with Gasteiger partial charge in [0, 0.05) is 12.2 Å². The third-order valence-corrected chi connectivity index (χ3v) is 3.35. The molecule has 0 spiro atoms. The Kier molecular flexibility index (Phi) is 3.16. The third kappa shape index (κ3) is 2.96. The van der Waals surface area contributed by atoms with Gasteiger partial charge in [-0.2, -0.15) is 0 Å². The molecule has 1 aliphatic rings. The number of rotatable bonds is 3. The molecule has 16 heavy (non-hydrogen) atoms. The lowest BCUT2D eigenvalue weighted by Crippen LogP contribution is -2.10. The number of anilines is 1. The molecule has 0 aliphatic carbocycles. The molecular formula is C11H16N2O2S. The van der Waals surface area contributed by atoms with Gasteiger partial charge in [0.1, 0.15) is 0 Å². The van der Waals surface area contributed by atoms with Gasteiger partial charge in [-0.1, -0.05) is 12.1 Å². The van der Waals surface area contributed by atoms with Gasteiger partial charge in [-0.25, -0.2) is 8.42 Å². The van der Waals surface area contributed by atoms with Crippen molar-refractivity contribution in [3.8, 4) is 0 Å². The van der Waals surface area contributed by atoms with E-state index in [0.29, 0.717) is 11.6 Å². The zero-order valence-electron chi connectivity index (χ0n) is 9.23. The topological polar surface area (TPSA) is 58.2 Å². The molecule has 1 aliphatic heterocycles. The fourth-order valence-electron chi connectivity index (χ4n) is 1.98. The van der Waals surface area contributed by atoms with Crippen LogP contribution in [-0.4, -0.2) is 27.8 Å². The van der Waals surface area contributed by atoms with Crippen molar-refractivity contribution in [2.24, 2.45) is 0 Å². The molecule has 0 amide bonds. The molecule has 1 heterocycles. The summed E-state index contributed by atoms with van der Waals surface area (Å²) >= 11 is 0. The predicted octanol–water partition coefficient (Wildman–Crippen LogP) is 1.14. The number of hydrogen-bond acceptors (Lipinski definition) is 3. The van der Waals surface area contributed by atoms with Crippen molar-refractivity contribution in [1.29, 1.82) is 0 Å². The molecule has 5 heteroatoms. The summed E-state index contributed by atoms with van der Waals surface area (Å²) in [6.45, 7) is 2.08. The Labute approximate surface area is 96.1 Å². The lowest BCUT2D eigenvalue weighted by atomic mass is 9.98. The van der Waals surface area contributed by atoms with Crippen molar-refractivity contribution in [2.75, 3.05) is 24.1 Å². The molecule has 2 rings (SSSR count). The zero-order valence-corrected chi connectivity index (χ0v) is 10.0. The fraction of sp³-hybridized carbons (Fsp3) is 0.455. The van der Waals surface area contributed by atoms with Crippen LogP contribution in [0.25, 0.3) is 0 Å². The Morgan fingerprint density at radius 3 is 2.50 bits per heavy atom. The highest BCUT2D eigenvalue weighted by Gasteiger charge is 2.16. The first-order chi connectivity index (χ1) is 7.54. The van der Waals surface area contributed by atoms with E-state index in [9.17, 15) is 8.42 Å². The smallest absolute Gasteiger partial charge is 0.229 e. The van der Waals surface area contributed by atoms with Crippen LogP contribution in [0.4, 0.5) is 5.69 Å². The summed E-state index contributed by atoms with van der Waals surface area (Å²) in [5.74, 6) is 0.562. The van der Waals surface area contributed by atoms with Gasteiger partial charge in [-0.15, -0.1) is 0 Å². The maximum atomic E-state index is 11.0. The summed E-state index contributed by atoms with van der Waals surface area (Å²) in [5.41, 5.74) is 1.89. The highest BCUT2D eigenvalue weighted by atomic mass is 32.2. The first-order valence-electron chi connectivity index (χ1n) is 5.33. The Morgan fingerprint density at radius 1 is 1.31 bits per heavy atom. The lowest BCUT2D eigenvalue weighted by molar-refractivity contribution is 0.607. The Balaban J connectivity index is 2.10. The van der Waals surface area contributed by atoms with Crippen LogP contribution in [0.15, 0.2) is 24.3 Å². The van der Waals surface area contributed by atoms with Gasteiger partial charge in [-0.3, -0.25) is 4.72 Å². The monoisotopic (exact) mass is 240 g/mol. The van der Waals surface area contributed by atoms with Crippen molar-refractivity contribution in [3.63, 3.8) is 0 Å². The molecular weight excluding hydrogens is 224 g/mol. The summed E-state index contributed by atoms with van der Waals surface area (Å²) in [5, 5.41) is 3.31.